The lowest BCUT2D eigenvalue weighted by Crippen LogP contribution is -2.39. The lowest BCUT2D eigenvalue weighted by atomic mass is 10.1. The van der Waals surface area contributed by atoms with Crippen molar-refractivity contribution < 1.29 is 14.5 Å². The number of nitro benzene ring substituents is 1. The summed E-state index contributed by atoms with van der Waals surface area (Å²) in [6.07, 6.45) is 0. The molecule has 1 amide bonds. The number of ether oxygens (including phenoxy) is 1. The molecule has 0 spiro atoms. The molecule has 8 nitrogen and oxygen atoms in total. The van der Waals surface area contributed by atoms with Crippen molar-refractivity contribution >= 4 is 38.3 Å². The van der Waals surface area contributed by atoms with Gasteiger partial charge in [0.25, 0.3) is 11.6 Å². The zero-order chi connectivity index (χ0) is 22.4. The van der Waals surface area contributed by atoms with Crippen molar-refractivity contribution in [2.75, 3.05) is 37.7 Å². The van der Waals surface area contributed by atoms with Crippen LogP contribution in [0.5, 0.6) is 5.75 Å². The first kappa shape index (κ1) is 22.6. The number of likely N-dealkylation sites (N-methyl/N-ethyl adjacent to an activating group) is 1. The third kappa shape index (κ3) is 5.18. The molecule has 3 rings (SSSR count). The maximum Gasteiger partial charge on any atom is 0.282 e. The molecule has 0 radical (unpaired) electrons. The second-order valence-corrected chi connectivity index (χ2v) is 7.83. The van der Waals surface area contributed by atoms with Crippen LogP contribution >= 0.6 is 11.3 Å². The van der Waals surface area contributed by atoms with Crippen molar-refractivity contribution in [3.8, 4) is 5.75 Å². The highest BCUT2D eigenvalue weighted by atomic mass is 32.1. The van der Waals surface area contributed by atoms with Crippen molar-refractivity contribution in [3.63, 3.8) is 0 Å². The van der Waals surface area contributed by atoms with E-state index in [9.17, 15) is 14.9 Å². The zero-order valence-electron chi connectivity index (χ0n) is 17.9. The fourth-order valence-electron chi connectivity index (χ4n) is 3.29. The molecule has 9 heteroatoms. The van der Waals surface area contributed by atoms with E-state index in [1.807, 2.05) is 25.1 Å². The number of fused-ring (bicyclic) bond motifs is 1. The van der Waals surface area contributed by atoms with Crippen molar-refractivity contribution in [2.45, 2.75) is 20.8 Å². The van der Waals surface area contributed by atoms with E-state index in [4.69, 9.17) is 4.74 Å². The van der Waals surface area contributed by atoms with Crippen LogP contribution in [0, 0.1) is 10.1 Å². The Morgan fingerprint density at radius 2 is 1.87 bits per heavy atom. The standard InChI is InChI=1S/C22H26N4O4S/c1-4-24(5-2)13-14-25(21(27)17-9-7-8-10-19(17)26(28)29)22-23-18-12-11-16(30-6-3)15-20(18)31-22/h7-12,15H,4-6,13-14H2,1-3H3. The Bertz CT molecular complexity index is 1060. The van der Waals surface area contributed by atoms with Gasteiger partial charge in [0, 0.05) is 19.2 Å². The predicted molar refractivity (Wildman–Crippen MR) is 123 cm³/mol. The summed E-state index contributed by atoms with van der Waals surface area (Å²) in [4.78, 5) is 32.8. The molecule has 0 bridgehead atoms. The summed E-state index contributed by atoms with van der Waals surface area (Å²) in [5, 5.41) is 12.0. The van der Waals surface area contributed by atoms with E-state index in [1.54, 1.807) is 17.0 Å². The third-order valence-corrected chi connectivity index (χ3v) is 6.04. The average molecular weight is 443 g/mol. The van der Waals surface area contributed by atoms with Crippen LogP contribution in [0.15, 0.2) is 42.5 Å². The number of aromatic nitrogens is 1. The second kappa shape index (κ2) is 10.3. The zero-order valence-corrected chi connectivity index (χ0v) is 18.7. The molecule has 3 aromatic rings. The summed E-state index contributed by atoms with van der Waals surface area (Å²) in [6.45, 7) is 9.31. The van der Waals surface area contributed by atoms with Crippen LogP contribution in [-0.2, 0) is 0 Å². The summed E-state index contributed by atoms with van der Waals surface area (Å²) in [6, 6.07) is 11.6. The minimum Gasteiger partial charge on any atom is -0.494 e. The minimum absolute atomic E-state index is 0.0568. The maximum atomic E-state index is 13.5. The summed E-state index contributed by atoms with van der Waals surface area (Å²) in [7, 11) is 0. The highest BCUT2D eigenvalue weighted by molar-refractivity contribution is 7.22. The van der Waals surface area contributed by atoms with Gasteiger partial charge in [-0.1, -0.05) is 37.3 Å². The van der Waals surface area contributed by atoms with Gasteiger partial charge in [-0.2, -0.15) is 0 Å². The summed E-state index contributed by atoms with van der Waals surface area (Å²) in [5.74, 6) is 0.313. The van der Waals surface area contributed by atoms with Gasteiger partial charge in [0.2, 0.25) is 0 Å². The largest absolute Gasteiger partial charge is 0.494 e. The Labute approximate surface area is 185 Å². The predicted octanol–water partition coefficient (Wildman–Crippen LogP) is 4.59. The number of anilines is 1. The van der Waals surface area contributed by atoms with E-state index in [0.29, 0.717) is 24.8 Å². The van der Waals surface area contributed by atoms with Crippen LogP contribution in [0.1, 0.15) is 31.1 Å². The summed E-state index contributed by atoms with van der Waals surface area (Å²) in [5.41, 5.74) is 0.605. The van der Waals surface area contributed by atoms with Gasteiger partial charge in [-0.3, -0.25) is 19.8 Å². The van der Waals surface area contributed by atoms with Crippen molar-refractivity contribution in [3.05, 3.63) is 58.1 Å². The molecule has 0 saturated carbocycles. The number of rotatable bonds is 10. The Kier molecular flexibility index (Phi) is 7.54. The molecular weight excluding hydrogens is 416 g/mol. The average Bonchev–Trinajstić information content (AvgIpc) is 3.19. The van der Waals surface area contributed by atoms with E-state index in [0.717, 1.165) is 29.1 Å². The molecular formula is C22H26N4O4S. The van der Waals surface area contributed by atoms with E-state index < -0.39 is 10.8 Å². The van der Waals surface area contributed by atoms with Gasteiger partial charge in [-0.05, 0) is 44.3 Å². The second-order valence-electron chi connectivity index (χ2n) is 6.82. The third-order valence-electron chi connectivity index (χ3n) is 5.00. The number of carbonyl (C=O) groups is 1. The molecule has 0 atom stereocenters. The number of hydrogen-bond acceptors (Lipinski definition) is 7. The topological polar surface area (TPSA) is 88.8 Å². The molecule has 0 aliphatic rings. The Morgan fingerprint density at radius 3 is 2.55 bits per heavy atom. The fourth-order valence-corrected chi connectivity index (χ4v) is 4.31. The molecule has 164 valence electrons. The highest BCUT2D eigenvalue weighted by Crippen LogP contribution is 2.33. The van der Waals surface area contributed by atoms with Crippen LogP contribution in [0.2, 0.25) is 0 Å². The van der Waals surface area contributed by atoms with Gasteiger partial charge in [0.05, 0.1) is 21.7 Å². The first-order chi connectivity index (χ1) is 15.0. The number of amides is 1. The van der Waals surface area contributed by atoms with Crippen LogP contribution in [0.4, 0.5) is 10.8 Å². The number of nitro groups is 1. The molecule has 0 aliphatic carbocycles. The molecule has 1 heterocycles. The van der Waals surface area contributed by atoms with Crippen LogP contribution in [-0.4, -0.2) is 53.5 Å². The Balaban J connectivity index is 2.01. The number of thiazole rings is 1. The highest BCUT2D eigenvalue weighted by Gasteiger charge is 2.27. The Morgan fingerprint density at radius 1 is 1.13 bits per heavy atom. The number of nitrogens with zero attached hydrogens (tertiary/aromatic N) is 4. The van der Waals surface area contributed by atoms with Gasteiger partial charge in [0.15, 0.2) is 5.13 Å². The minimum atomic E-state index is -0.525. The van der Waals surface area contributed by atoms with Gasteiger partial charge in [-0.15, -0.1) is 0 Å². The number of carbonyl (C=O) groups excluding carboxylic acids is 1. The van der Waals surface area contributed by atoms with E-state index in [2.05, 4.69) is 23.7 Å². The smallest absolute Gasteiger partial charge is 0.282 e. The fraction of sp³-hybridized carbons (Fsp3) is 0.364. The molecule has 0 fully saturated rings. The SMILES string of the molecule is CCOc1ccc2nc(N(CCN(CC)CC)C(=O)c3ccccc3[N+](=O)[O-])sc2c1. The molecule has 0 unspecified atom stereocenters. The first-order valence-electron chi connectivity index (χ1n) is 10.3. The first-order valence-corrected chi connectivity index (χ1v) is 11.1. The van der Waals surface area contributed by atoms with Crippen LogP contribution < -0.4 is 9.64 Å². The van der Waals surface area contributed by atoms with Crippen LogP contribution in [0.25, 0.3) is 10.2 Å². The number of hydrogen-bond donors (Lipinski definition) is 0. The summed E-state index contributed by atoms with van der Waals surface area (Å²) < 4.78 is 6.46. The van der Waals surface area contributed by atoms with Gasteiger partial charge in [-0.25, -0.2) is 4.98 Å². The molecule has 1 aromatic heterocycles. The van der Waals surface area contributed by atoms with Crippen molar-refractivity contribution in [1.29, 1.82) is 0 Å². The molecule has 0 saturated heterocycles. The van der Waals surface area contributed by atoms with E-state index >= 15 is 0 Å². The number of benzene rings is 2. The van der Waals surface area contributed by atoms with E-state index in [1.165, 1.54) is 23.5 Å². The normalized spacial score (nSPS) is 11.1. The van der Waals surface area contributed by atoms with Gasteiger partial charge in [0.1, 0.15) is 11.3 Å². The van der Waals surface area contributed by atoms with E-state index in [-0.39, 0.29) is 11.3 Å². The molecule has 0 aliphatic heterocycles. The molecule has 31 heavy (non-hydrogen) atoms. The molecule has 0 N–H and O–H groups in total. The monoisotopic (exact) mass is 442 g/mol. The summed E-state index contributed by atoms with van der Waals surface area (Å²) >= 11 is 1.38. The van der Waals surface area contributed by atoms with Gasteiger partial charge < -0.3 is 9.64 Å². The molecule has 2 aromatic carbocycles. The van der Waals surface area contributed by atoms with Crippen LogP contribution in [0.3, 0.4) is 0 Å². The lowest BCUT2D eigenvalue weighted by molar-refractivity contribution is -0.385. The quantitative estimate of drug-likeness (QED) is 0.337. The lowest BCUT2D eigenvalue weighted by Gasteiger charge is -2.24. The Hall–Kier alpha value is -3.04. The number of para-hydroxylation sites is 1. The van der Waals surface area contributed by atoms with Crippen molar-refractivity contribution in [2.24, 2.45) is 0 Å². The van der Waals surface area contributed by atoms with Crippen molar-refractivity contribution in [1.82, 2.24) is 9.88 Å². The van der Waals surface area contributed by atoms with Gasteiger partial charge >= 0.3 is 0 Å². The maximum absolute atomic E-state index is 13.5.